The summed E-state index contributed by atoms with van der Waals surface area (Å²) in [5.74, 6) is 0.687. The minimum absolute atomic E-state index is 0.0324. The Morgan fingerprint density at radius 1 is 1.27 bits per heavy atom. The van der Waals surface area contributed by atoms with Gasteiger partial charge in [0.2, 0.25) is 0 Å². The molecule has 1 aliphatic rings. The monoisotopic (exact) mass is 301 g/mol. The van der Waals surface area contributed by atoms with Crippen LogP contribution < -0.4 is 0 Å². The summed E-state index contributed by atoms with van der Waals surface area (Å²) in [6, 6.07) is 7.41. The van der Waals surface area contributed by atoms with Gasteiger partial charge in [-0.15, -0.1) is 0 Å². The molecule has 1 saturated heterocycles. The molecule has 0 unspecified atom stereocenters. The van der Waals surface area contributed by atoms with E-state index in [0.29, 0.717) is 31.0 Å². The zero-order valence-corrected chi connectivity index (χ0v) is 12.3. The first kappa shape index (κ1) is 14.7. The van der Waals surface area contributed by atoms with Gasteiger partial charge in [0.15, 0.2) is 5.82 Å². The summed E-state index contributed by atoms with van der Waals surface area (Å²) in [5.41, 5.74) is 1.51. The molecule has 2 aromatic rings. The number of piperazine rings is 1. The molecule has 116 valence electrons. The molecule has 3 rings (SSSR count). The second kappa shape index (κ2) is 6.67. The van der Waals surface area contributed by atoms with Crippen molar-refractivity contribution in [2.24, 2.45) is 0 Å². The van der Waals surface area contributed by atoms with E-state index >= 15 is 0 Å². The van der Waals surface area contributed by atoms with Crippen molar-refractivity contribution in [1.82, 2.24) is 25.0 Å². The number of hydrogen-bond acceptors (Lipinski definition) is 5. The zero-order valence-electron chi connectivity index (χ0n) is 12.3. The maximum Gasteiger partial charge on any atom is 0.253 e. The van der Waals surface area contributed by atoms with Crippen LogP contribution in [0.4, 0.5) is 0 Å². The van der Waals surface area contributed by atoms with Gasteiger partial charge in [0.25, 0.3) is 5.91 Å². The van der Waals surface area contributed by atoms with Crippen molar-refractivity contribution < 1.29 is 9.90 Å². The highest BCUT2D eigenvalue weighted by Crippen LogP contribution is 2.17. The molecule has 1 amide bonds. The van der Waals surface area contributed by atoms with E-state index in [4.69, 9.17) is 5.11 Å². The van der Waals surface area contributed by atoms with Gasteiger partial charge < -0.3 is 10.0 Å². The van der Waals surface area contributed by atoms with Gasteiger partial charge in [-0.25, -0.2) is 4.98 Å². The first-order chi connectivity index (χ1) is 10.8. The molecule has 2 heterocycles. The predicted octanol–water partition coefficient (Wildman–Crippen LogP) is 0.222. The van der Waals surface area contributed by atoms with E-state index in [1.165, 1.54) is 6.33 Å². The molecule has 1 aromatic carbocycles. The van der Waals surface area contributed by atoms with Crippen molar-refractivity contribution in [3.8, 4) is 11.4 Å². The highest BCUT2D eigenvalue weighted by atomic mass is 16.3. The molecule has 0 saturated carbocycles. The first-order valence-electron chi connectivity index (χ1n) is 7.36. The Kier molecular flexibility index (Phi) is 4.45. The molecule has 0 atom stereocenters. The molecular weight excluding hydrogens is 282 g/mol. The van der Waals surface area contributed by atoms with Crippen LogP contribution in [0.25, 0.3) is 11.4 Å². The second-order valence-corrected chi connectivity index (χ2v) is 5.27. The third kappa shape index (κ3) is 3.15. The Labute approximate surface area is 128 Å². The van der Waals surface area contributed by atoms with Crippen LogP contribution in [0.15, 0.2) is 30.6 Å². The number of carbonyl (C=O) groups excluding carboxylic acids is 1. The van der Waals surface area contributed by atoms with Gasteiger partial charge in [0, 0.05) is 43.9 Å². The van der Waals surface area contributed by atoms with Crippen LogP contribution >= 0.6 is 0 Å². The fourth-order valence-corrected chi connectivity index (χ4v) is 2.64. The highest BCUT2D eigenvalue weighted by molar-refractivity contribution is 5.95. The summed E-state index contributed by atoms with van der Waals surface area (Å²) >= 11 is 0. The standard InChI is InChI=1S/C15H19N5O2/c21-9-8-19-4-6-20(7-5-19)15(22)13-3-1-2-12(10-13)14-16-11-17-18-14/h1-3,10-11,21H,4-9H2,(H,16,17,18). The predicted molar refractivity (Wildman–Crippen MR) is 81.2 cm³/mol. The third-order valence-corrected chi connectivity index (χ3v) is 3.87. The number of rotatable bonds is 4. The number of nitrogens with zero attached hydrogens (tertiary/aromatic N) is 4. The van der Waals surface area contributed by atoms with E-state index in [0.717, 1.165) is 18.7 Å². The fourth-order valence-electron chi connectivity index (χ4n) is 2.64. The summed E-state index contributed by atoms with van der Waals surface area (Å²) in [5, 5.41) is 15.6. The quantitative estimate of drug-likeness (QED) is 0.844. The van der Waals surface area contributed by atoms with Crippen LogP contribution in [0.5, 0.6) is 0 Å². The van der Waals surface area contributed by atoms with Gasteiger partial charge in [-0.2, -0.15) is 5.10 Å². The first-order valence-corrected chi connectivity index (χ1v) is 7.36. The van der Waals surface area contributed by atoms with Crippen LogP contribution in [-0.4, -0.2) is 75.3 Å². The number of hydrogen-bond donors (Lipinski definition) is 2. The number of aliphatic hydroxyl groups excluding tert-OH is 1. The maximum absolute atomic E-state index is 12.6. The number of carbonyl (C=O) groups is 1. The molecule has 1 aromatic heterocycles. The van der Waals surface area contributed by atoms with Gasteiger partial charge in [0.1, 0.15) is 6.33 Å². The lowest BCUT2D eigenvalue weighted by Crippen LogP contribution is -2.49. The largest absolute Gasteiger partial charge is 0.395 e. The lowest BCUT2D eigenvalue weighted by atomic mass is 10.1. The van der Waals surface area contributed by atoms with E-state index in [9.17, 15) is 4.79 Å². The van der Waals surface area contributed by atoms with Crippen LogP contribution in [0.1, 0.15) is 10.4 Å². The second-order valence-electron chi connectivity index (χ2n) is 5.27. The van der Waals surface area contributed by atoms with E-state index in [2.05, 4.69) is 20.1 Å². The SMILES string of the molecule is O=C(c1cccc(-c2ncn[nH]2)c1)N1CCN(CCO)CC1. The van der Waals surface area contributed by atoms with Crippen LogP contribution in [0.2, 0.25) is 0 Å². The Morgan fingerprint density at radius 3 is 2.77 bits per heavy atom. The average Bonchev–Trinajstić information content (AvgIpc) is 3.10. The third-order valence-electron chi connectivity index (χ3n) is 3.87. The minimum atomic E-state index is 0.0324. The topological polar surface area (TPSA) is 85.4 Å². The van der Waals surface area contributed by atoms with Gasteiger partial charge in [-0.05, 0) is 12.1 Å². The molecule has 2 N–H and O–H groups in total. The van der Waals surface area contributed by atoms with Gasteiger partial charge in [-0.3, -0.25) is 14.8 Å². The maximum atomic E-state index is 12.6. The number of aromatic amines is 1. The van der Waals surface area contributed by atoms with Crippen molar-refractivity contribution in [1.29, 1.82) is 0 Å². The number of aliphatic hydroxyl groups is 1. The number of nitrogens with one attached hydrogen (secondary N) is 1. The summed E-state index contributed by atoms with van der Waals surface area (Å²) in [6.07, 6.45) is 1.45. The van der Waals surface area contributed by atoms with Gasteiger partial charge >= 0.3 is 0 Å². The molecule has 0 spiro atoms. The number of H-pyrrole nitrogens is 1. The molecule has 7 nitrogen and oxygen atoms in total. The van der Waals surface area contributed by atoms with Crippen molar-refractivity contribution in [3.05, 3.63) is 36.2 Å². The van der Waals surface area contributed by atoms with Crippen molar-refractivity contribution in [3.63, 3.8) is 0 Å². The molecular formula is C15H19N5O2. The van der Waals surface area contributed by atoms with E-state index < -0.39 is 0 Å². The lowest BCUT2D eigenvalue weighted by Gasteiger charge is -2.34. The van der Waals surface area contributed by atoms with Crippen LogP contribution in [-0.2, 0) is 0 Å². The number of benzene rings is 1. The van der Waals surface area contributed by atoms with E-state index in [-0.39, 0.29) is 12.5 Å². The Bertz CT molecular complexity index is 621. The van der Waals surface area contributed by atoms with E-state index in [1.54, 1.807) is 0 Å². The molecule has 7 heteroatoms. The van der Waals surface area contributed by atoms with Gasteiger partial charge in [0.05, 0.1) is 6.61 Å². The molecule has 0 aliphatic carbocycles. The molecule has 1 fully saturated rings. The molecule has 0 bridgehead atoms. The van der Waals surface area contributed by atoms with Gasteiger partial charge in [-0.1, -0.05) is 12.1 Å². The Morgan fingerprint density at radius 2 is 2.09 bits per heavy atom. The zero-order chi connectivity index (χ0) is 15.4. The number of β-amino-alcohol motifs (C(OH)–C–C–N with tert-alkyl or cyclic N) is 1. The summed E-state index contributed by atoms with van der Waals surface area (Å²) in [6.45, 7) is 3.80. The van der Waals surface area contributed by atoms with Crippen molar-refractivity contribution in [2.75, 3.05) is 39.3 Å². The summed E-state index contributed by atoms with van der Waals surface area (Å²) in [4.78, 5) is 20.7. The molecule has 0 radical (unpaired) electrons. The molecule has 1 aliphatic heterocycles. The van der Waals surface area contributed by atoms with Crippen molar-refractivity contribution in [2.45, 2.75) is 0 Å². The van der Waals surface area contributed by atoms with E-state index in [1.807, 2.05) is 29.2 Å². The number of aromatic nitrogens is 3. The smallest absolute Gasteiger partial charge is 0.253 e. The lowest BCUT2D eigenvalue weighted by molar-refractivity contribution is 0.0615. The molecule has 22 heavy (non-hydrogen) atoms. The van der Waals surface area contributed by atoms with Crippen LogP contribution in [0.3, 0.4) is 0 Å². The normalized spacial score (nSPS) is 16.0. The van der Waals surface area contributed by atoms with Crippen LogP contribution in [0, 0.1) is 0 Å². The average molecular weight is 301 g/mol. The minimum Gasteiger partial charge on any atom is -0.395 e. The highest BCUT2D eigenvalue weighted by Gasteiger charge is 2.22. The number of amides is 1. The van der Waals surface area contributed by atoms with Crippen molar-refractivity contribution >= 4 is 5.91 Å². The Balaban J connectivity index is 1.69. The Hall–Kier alpha value is -2.25. The summed E-state index contributed by atoms with van der Waals surface area (Å²) < 4.78 is 0. The summed E-state index contributed by atoms with van der Waals surface area (Å²) in [7, 11) is 0. The fraction of sp³-hybridized carbons (Fsp3) is 0.400.